The van der Waals surface area contributed by atoms with Crippen molar-refractivity contribution in [3.63, 3.8) is 0 Å². The summed E-state index contributed by atoms with van der Waals surface area (Å²) in [5.41, 5.74) is 7.25. The van der Waals surface area contributed by atoms with Crippen molar-refractivity contribution in [1.82, 2.24) is 24.0 Å². The van der Waals surface area contributed by atoms with Crippen LogP contribution in [0.5, 0.6) is 0 Å². The molecule has 1 unspecified atom stereocenters. The number of esters is 1. The Hall–Kier alpha value is -5.40. The van der Waals surface area contributed by atoms with Gasteiger partial charge < -0.3 is 20.5 Å². The number of nitrogens with two attached hydrogens (primary N) is 1. The molecule has 1 saturated heterocycles. The molecule has 0 radical (unpaired) electrons. The summed E-state index contributed by atoms with van der Waals surface area (Å²) in [6.07, 6.45) is -2.94. The molecule has 0 spiro atoms. The highest BCUT2D eigenvalue weighted by Gasteiger charge is 2.41. The van der Waals surface area contributed by atoms with Gasteiger partial charge >= 0.3 is 23.9 Å². The second-order valence-electron chi connectivity index (χ2n) is 10.8. The predicted molar refractivity (Wildman–Crippen MR) is 159 cm³/mol. The number of anilines is 1. The lowest BCUT2D eigenvalue weighted by Crippen LogP contribution is -2.53. The van der Waals surface area contributed by atoms with Crippen LogP contribution in [0.3, 0.4) is 0 Å². The van der Waals surface area contributed by atoms with E-state index in [2.05, 4.69) is 9.97 Å². The van der Waals surface area contributed by atoms with Gasteiger partial charge in [0.2, 0.25) is 0 Å². The number of nitrogen functional groups attached to an aromatic ring is 1. The number of alkyl halides is 3. The van der Waals surface area contributed by atoms with E-state index in [0.717, 1.165) is 6.07 Å². The van der Waals surface area contributed by atoms with Crippen molar-refractivity contribution in [3.8, 4) is 16.8 Å². The van der Waals surface area contributed by atoms with E-state index in [1.807, 2.05) is 0 Å². The normalized spacial score (nSPS) is 14.5. The molecule has 11 nitrogen and oxygen atoms in total. The molecule has 1 fully saturated rings. The van der Waals surface area contributed by atoms with Crippen LogP contribution in [-0.2, 0) is 22.8 Å². The van der Waals surface area contributed by atoms with E-state index in [1.165, 1.54) is 20.2 Å². The number of aryl methyl sites for hydroxylation is 1. The van der Waals surface area contributed by atoms with E-state index in [-0.39, 0.29) is 36.9 Å². The number of rotatable bonds is 6. The smallest absolute Gasteiger partial charge is 0.419 e. The van der Waals surface area contributed by atoms with Crippen molar-refractivity contribution in [2.75, 3.05) is 25.4 Å². The van der Waals surface area contributed by atoms with E-state index >= 15 is 0 Å². The average Bonchev–Trinajstić information content (AvgIpc) is 3.23. The monoisotopic (exact) mass is 620 g/mol. The Labute approximate surface area is 253 Å². The third-order valence-electron chi connectivity index (χ3n) is 8.14. The molecule has 4 heterocycles. The zero-order valence-electron chi connectivity index (χ0n) is 24.1. The second kappa shape index (κ2) is 10.9. The van der Waals surface area contributed by atoms with Crippen LogP contribution in [0, 0.1) is 5.92 Å². The molecule has 6 rings (SSSR count). The van der Waals surface area contributed by atoms with E-state index < -0.39 is 35.5 Å². The molecular formula is C31H27F3N6O5. The highest BCUT2D eigenvalue weighted by atomic mass is 19.4. The summed E-state index contributed by atoms with van der Waals surface area (Å²) in [5.74, 6) is -2.04. The van der Waals surface area contributed by atoms with Crippen LogP contribution >= 0.6 is 0 Å². The Balaban J connectivity index is 1.45. The maximum absolute atomic E-state index is 13.6. The molecule has 232 valence electrons. The number of aromatic nitrogens is 4. The Morgan fingerprint density at radius 3 is 2.42 bits per heavy atom. The van der Waals surface area contributed by atoms with E-state index in [0.29, 0.717) is 38.8 Å². The number of fused-ring (bicyclic) bond motifs is 3. The number of imidazole rings is 1. The minimum absolute atomic E-state index is 0.168. The third kappa shape index (κ3) is 5.11. The SMILES string of the molecule is CCOC(=O)C(c1ccc(-n2c(=O)n(C)c3cnc4ccc(-c5cnc(N)c(C(F)(F)F)c5)cc4c32)cc1)C1CN(C(=O)O)C1. The number of amides is 1. The Kier molecular flexibility index (Phi) is 7.22. The molecule has 0 aliphatic carbocycles. The second-order valence-corrected chi connectivity index (χ2v) is 10.8. The highest BCUT2D eigenvalue weighted by molar-refractivity contribution is 6.04. The number of likely N-dealkylation sites (tertiary alicyclic amines) is 1. The zero-order valence-corrected chi connectivity index (χ0v) is 24.1. The summed E-state index contributed by atoms with van der Waals surface area (Å²) >= 11 is 0. The molecule has 0 saturated carbocycles. The van der Waals surface area contributed by atoms with Crippen LogP contribution in [0.1, 0.15) is 24.0 Å². The first-order chi connectivity index (χ1) is 21.4. The summed E-state index contributed by atoms with van der Waals surface area (Å²) < 4.78 is 48.8. The number of carbonyl (C=O) groups is 2. The van der Waals surface area contributed by atoms with Crippen LogP contribution in [0.15, 0.2) is 65.7 Å². The molecular weight excluding hydrogens is 593 g/mol. The number of nitrogens with zero attached hydrogens (tertiary/aromatic N) is 5. The van der Waals surface area contributed by atoms with Gasteiger partial charge in [0.25, 0.3) is 0 Å². The van der Waals surface area contributed by atoms with Crippen LogP contribution in [0.25, 0.3) is 38.8 Å². The van der Waals surface area contributed by atoms with Crippen molar-refractivity contribution in [2.45, 2.75) is 19.0 Å². The summed E-state index contributed by atoms with van der Waals surface area (Å²) in [6, 6.07) is 12.7. The number of ether oxygens (including phenoxy) is 1. The number of benzene rings is 2. The number of hydrogen-bond donors (Lipinski definition) is 2. The maximum atomic E-state index is 13.6. The van der Waals surface area contributed by atoms with Crippen LogP contribution < -0.4 is 11.4 Å². The van der Waals surface area contributed by atoms with Gasteiger partial charge in [0.05, 0.1) is 46.5 Å². The number of pyridine rings is 2. The molecule has 14 heteroatoms. The van der Waals surface area contributed by atoms with E-state index in [9.17, 15) is 32.7 Å². The number of halogens is 3. The van der Waals surface area contributed by atoms with Gasteiger partial charge in [-0.05, 0) is 48.4 Å². The van der Waals surface area contributed by atoms with Gasteiger partial charge in [-0.25, -0.2) is 14.6 Å². The Morgan fingerprint density at radius 1 is 1.07 bits per heavy atom. The van der Waals surface area contributed by atoms with Crippen molar-refractivity contribution in [1.29, 1.82) is 0 Å². The van der Waals surface area contributed by atoms with Crippen molar-refractivity contribution in [2.24, 2.45) is 13.0 Å². The first kappa shape index (κ1) is 29.7. The predicted octanol–water partition coefficient (Wildman–Crippen LogP) is 4.80. The number of carbonyl (C=O) groups excluding carboxylic acids is 1. The molecule has 3 N–H and O–H groups in total. The number of carboxylic acid groups (broad SMARTS) is 1. The first-order valence-corrected chi connectivity index (χ1v) is 14.0. The highest BCUT2D eigenvalue weighted by Crippen LogP contribution is 2.37. The van der Waals surface area contributed by atoms with Gasteiger partial charge in [-0.2, -0.15) is 13.2 Å². The average molecular weight is 621 g/mol. The fourth-order valence-electron chi connectivity index (χ4n) is 5.82. The minimum Gasteiger partial charge on any atom is -0.466 e. The van der Waals surface area contributed by atoms with Gasteiger partial charge in [0, 0.05) is 43.2 Å². The quantitative estimate of drug-likeness (QED) is 0.258. The first-order valence-electron chi connectivity index (χ1n) is 14.0. The summed E-state index contributed by atoms with van der Waals surface area (Å²) in [6.45, 7) is 2.25. The topological polar surface area (TPSA) is 146 Å². The molecule has 1 amide bonds. The lowest BCUT2D eigenvalue weighted by atomic mass is 9.81. The lowest BCUT2D eigenvalue weighted by Gasteiger charge is -2.40. The standard InChI is InChI=1S/C31H27F3N6O5/c1-3-45-28(41)25(19-14-39(15-19)30(43)44)16-4-7-20(8-5-16)40-26-21-10-17(18-11-22(31(32,33)34)27(35)37-12-18)6-9-23(21)36-13-24(26)38(2)29(40)42/h4-13,19,25H,3,14-15H2,1-2H3,(H2,35,37)(H,43,44). The summed E-state index contributed by atoms with van der Waals surface area (Å²) in [7, 11) is 1.59. The maximum Gasteiger partial charge on any atom is 0.419 e. The van der Waals surface area contributed by atoms with Gasteiger partial charge in [0.15, 0.2) is 0 Å². The third-order valence-corrected chi connectivity index (χ3v) is 8.14. The Bertz CT molecular complexity index is 2030. The van der Waals surface area contributed by atoms with Crippen molar-refractivity contribution in [3.05, 3.63) is 82.5 Å². The summed E-state index contributed by atoms with van der Waals surface area (Å²) in [4.78, 5) is 47.2. The van der Waals surface area contributed by atoms with Gasteiger partial charge in [-0.3, -0.25) is 18.9 Å². The molecule has 1 aliphatic rings. The van der Waals surface area contributed by atoms with E-state index in [4.69, 9.17) is 10.5 Å². The van der Waals surface area contributed by atoms with Crippen LogP contribution in [0.4, 0.5) is 23.8 Å². The molecule has 1 atom stereocenters. The lowest BCUT2D eigenvalue weighted by molar-refractivity contribution is -0.148. The molecule has 0 bridgehead atoms. The van der Waals surface area contributed by atoms with Gasteiger partial charge in [-0.1, -0.05) is 18.2 Å². The van der Waals surface area contributed by atoms with Crippen LogP contribution in [0.2, 0.25) is 0 Å². The van der Waals surface area contributed by atoms with Crippen molar-refractivity contribution < 1.29 is 32.6 Å². The summed E-state index contributed by atoms with van der Waals surface area (Å²) in [5, 5.41) is 9.77. The van der Waals surface area contributed by atoms with Crippen molar-refractivity contribution >= 4 is 39.8 Å². The molecule has 45 heavy (non-hydrogen) atoms. The molecule has 3 aromatic heterocycles. The molecule has 1 aliphatic heterocycles. The fourth-order valence-corrected chi connectivity index (χ4v) is 5.82. The van der Waals surface area contributed by atoms with Gasteiger partial charge in [0.1, 0.15) is 5.82 Å². The molecule has 5 aromatic rings. The fraction of sp³-hybridized carbons (Fsp3) is 0.258. The van der Waals surface area contributed by atoms with E-state index in [1.54, 1.807) is 62.6 Å². The largest absolute Gasteiger partial charge is 0.466 e. The zero-order chi connectivity index (χ0) is 32.2. The Morgan fingerprint density at radius 2 is 1.78 bits per heavy atom. The number of hydrogen-bond acceptors (Lipinski definition) is 7. The molecule has 2 aromatic carbocycles. The van der Waals surface area contributed by atoms with Gasteiger partial charge in [-0.15, -0.1) is 0 Å². The van der Waals surface area contributed by atoms with Crippen LogP contribution in [-0.4, -0.2) is 60.9 Å². The minimum atomic E-state index is -4.69.